The molecule has 0 unspecified atom stereocenters. The predicted molar refractivity (Wildman–Crippen MR) is 91.1 cm³/mol. The van der Waals surface area contributed by atoms with Gasteiger partial charge in [0.15, 0.2) is 0 Å². The first kappa shape index (κ1) is 17.4. The van der Waals surface area contributed by atoms with Gasteiger partial charge in [0.1, 0.15) is 0 Å². The maximum absolute atomic E-state index is 12.3. The average molecular weight is 348 g/mol. The summed E-state index contributed by atoms with van der Waals surface area (Å²) in [6.45, 7) is 0.539. The van der Waals surface area contributed by atoms with Crippen molar-refractivity contribution in [2.75, 3.05) is 6.54 Å². The molecular weight excluding hydrogens is 324 g/mol. The van der Waals surface area contributed by atoms with Crippen LogP contribution in [-0.2, 0) is 16.0 Å². The van der Waals surface area contributed by atoms with Gasteiger partial charge in [0.05, 0.1) is 12.5 Å². The van der Waals surface area contributed by atoms with Gasteiger partial charge in [0.25, 0.3) is 5.56 Å². The first-order valence-electron chi connectivity index (χ1n) is 8.92. The highest BCUT2D eigenvalue weighted by Gasteiger charge is 2.35. The molecule has 136 valence electrons. The number of H-pyrrole nitrogens is 2. The summed E-state index contributed by atoms with van der Waals surface area (Å²) in [5.74, 6) is -0.225. The number of carbonyl (C=O) groups is 2. The van der Waals surface area contributed by atoms with Crippen molar-refractivity contribution in [3.63, 3.8) is 0 Å². The Morgan fingerprint density at radius 2 is 1.88 bits per heavy atom. The standard InChI is InChI=1S/C17H24N4O4/c22-14(7-11-9-18-17(25)20-16(11)24)19-12-8-15(23)21(10-12)13-5-3-1-2-4-6-13/h9,12-13H,1-8,10H2,(H,19,22)(H2,18,20,24,25)/t12-/m1/s1. The van der Waals surface area contributed by atoms with Gasteiger partial charge < -0.3 is 15.2 Å². The van der Waals surface area contributed by atoms with E-state index in [9.17, 15) is 19.2 Å². The molecule has 8 nitrogen and oxygen atoms in total. The monoisotopic (exact) mass is 348 g/mol. The Morgan fingerprint density at radius 1 is 1.16 bits per heavy atom. The molecule has 3 rings (SSSR count). The molecule has 0 aromatic carbocycles. The average Bonchev–Trinajstić information content (AvgIpc) is 2.76. The second-order valence-corrected chi connectivity index (χ2v) is 6.93. The molecular formula is C17H24N4O4. The number of rotatable bonds is 4. The molecule has 0 spiro atoms. The molecule has 2 amide bonds. The lowest BCUT2D eigenvalue weighted by Crippen LogP contribution is -2.41. The van der Waals surface area contributed by atoms with Crippen LogP contribution < -0.4 is 16.6 Å². The zero-order valence-electron chi connectivity index (χ0n) is 14.2. The van der Waals surface area contributed by atoms with Gasteiger partial charge in [-0.3, -0.25) is 19.4 Å². The van der Waals surface area contributed by atoms with Crippen LogP contribution in [-0.4, -0.2) is 45.3 Å². The Hall–Kier alpha value is -2.38. The summed E-state index contributed by atoms with van der Waals surface area (Å²) < 4.78 is 0. The highest BCUT2D eigenvalue weighted by atomic mass is 16.2. The molecule has 8 heteroatoms. The van der Waals surface area contributed by atoms with Gasteiger partial charge in [-0.05, 0) is 12.8 Å². The number of nitrogens with one attached hydrogen (secondary N) is 3. The van der Waals surface area contributed by atoms with Crippen molar-refractivity contribution >= 4 is 11.8 Å². The lowest BCUT2D eigenvalue weighted by atomic mass is 10.1. The fraction of sp³-hybridized carbons (Fsp3) is 0.647. The molecule has 25 heavy (non-hydrogen) atoms. The summed E-state index contributed by atoms with van der Waals surface area (Å²) in [5, 5.41) is 2.84. The van der Waals surface area contributed by atoms with Gasteiger partial charge in [-0.25, -0.2) is 4.79 Å². The van der Waals surface area contributed by atoms with E-state index in [-0.39, 0.29) is 29.8 Å². The second-order valence-electron chi connectivity index (χ2n) is 6.93. The molecule has 1 aromatic heterocycles. The molecule has 0 bridgehead atoms. The molecule has 2 fully saturated rings. The number of nitrogens with zero attached hydrogens (tertiary/aromatic N) is 1. The van der Waals surface area contributed by atoms with Gasteiger partial charge in [0, 0.05) is 30.8 Å². The van der Waals surface area contributed by atoms with E-state index in [1.807, 2.05) is 4.90 Å². The van der Waals surface area contributed by atoms with Crippen LogP contribution in [0.1, 0.15) is 50.5 Å². The zero-order chi connectivity index (χ0) is 17.8. The van der Waals surface area contributed by atoms with E-state index in [1.165, 1.54) is 19.0 Å². The van der Waals surface area contributed by atoms with E-state index in [0.29, 0.717) is 19.0 Å². The summed E-state index contributed by atoms with van der Waals surface area (Å²) in [5.41, 5.74) is -0.974. The Kier molecular flexibility index (Phi) is 5.35. The van der Waals surface area contributed by atoms with E-state index >= 15 is 0 Å². The van der Waals surface area contributed by atoms with Gasteiger partial charge in [-0.15, -0.1) is 0 Å². The van der Waals surface area contributed by atoms with Crippen LogP contribution in [0.15, 0.2) is 15.8 Å². The first-order valence-corrected chi connectivity index (χ1v) is 8.92. The van der Waals surface area contributed by atoms with Crippen LogP contribution in [0.3, 0.4) is 0 Å². The number of carbonyl (C=O) groups excluding carboxylic acids is 2. The van der Waals surface area contributed by atoms with Crippen LogP contribution >= 0.6 is 0 Å². The third-order valence-corrected chi connectivity index (χ3v) is 5.04. The normalized spacial score (nSPS) is 22.0. The lowest BCUT2D eigenvalue weighted by molar-refractivity contribution is -0.129. The molecule has 1 saturated carbocycles. The van der Waals surface area contributed by atoms with Crippen LogP contribution in [0.5, 0.6) is 0 Å². The number of aromatic nitrogens is 2. The first-order chi connectivity index (χ1) is 12.0. The minimum absolute atomic E-state index is 0.0964. The minimum Gasteiger partial charge on any atom is -0.351 e. The smallest absolute Gasteiger partial charge is 0.325 e. The van der Waals surface area contributed by atoms with E-state index in [4.69, 9.17) is 0 Å². The van der Waals surface area contributed by atoms with Crippen LogP contribution in [0.25, 0.3) is 0 Å². The highest BCUT2D eigenvalue weighted by molar-refractivity contribution is 5.83. The molecule has 1 aliphatic carbocycles. The SMILES string of the molecule is O=C(Cc1c[nH]c(=O)[nH]c1=O)N[C@@H]1CC(=O)N(C2CCCCCC2)C1. The molecule has 3 N–H and O–H groups in total. The third kappa shape index (κ3) is 4.37. The van der Waals surface area contributed by atoms with E-state index in [1.54, 1.807) is 0 Å². The van der Waals surface area contributed by atoms with Gasteiger partial charge in [0.2, 0.25) is 11.8 Å². The van der Waals surface area contributed by atoms with Crippen molar-refractivity contribution in [1.82, 2.24) is 20.2 Å². The summed E-state index contributed by atoms with van der Waals surface area (Å²) in [7, 11) is 0. The molecule has 1 saturated heterocycles. The number of likely N-dealkylation sites (tertiary alicyclic amines) is 1. The quantitative estimate of drug-likeness (QED) is 0.667. The molecule has 1 aliphatic heterocycles. The van der Waals surface area contributed by atoms with Crippen molar-refractivity contribution in [2.24, 2.45) is 0 Å². The molecule has 1 aromatic rings. The zero-order valence-corrected chi connectivity index (χ0v) is 14.2. The summed E-state index contributed by atoms with van der Waals surface area (Å²) in [4.78, 5) is 53.5. The largest absolute Gasteiger partial charge is 0.351 e. The summed E-state index contributed by atoms with van der Waals surface area (Å²) in [6, 6.07) is 0.0732. The molecule has 1 atom stereocenters. The van der Waals surface area contributed by atoms with Gasteiger partial charge >= 0.3 is 5.69 Å². The van der Waals surface area contributed by atoms with Crippen LogP contribution in [0.4, 0.5) is 0 Å². The van der Waals surface area contributed by atoms with Crippen molar-refractivity contribution in [3.05, 3.63) is 32.6 Å². The maximum atomic E-state index is 12.3. The van der Waals surface area contributed by atoms with Crippen molar-refractivity contribution in [3.8, 4) is 0 Å². The van der Waals surface area contributed by atoms with Gasteiger partial charge in [-0.1, -0.05) is 25.7 Å². The maximum Gasteiger partial charge on any atom is 0.325 e. The van der Waals surface area contributed by atoms with Crippen LogP contribution in [0, 0.1) is 0 Å². The van der Waals surface area contributed by atoms with Gasteiger partial charge in [-0.2, -0.15) is 0 Å². The Labute approximate surface area is 145 Å². The minimum atomic E-state index is -0.602. The number of aromatic amines is 2. The summed E-state index contributed by atoms with van der Waals surface area (Å²) in [6.07, 6.45) is 8.28. The number of amides is 2. The fourth-order valence-corrected chi connectivity index (χ4v) is 3.77. The third-order valence-electron chi connectivity index (χ3n) is 5.04. The Morgan fingerprint density at radius 3 is 2.56 bits per heavy atom. The van der Waals surface area contributed by atoms with Crippen molar-refractivity contribution in [2.45, 2.75) is 63.5 Å². The molecule has 0 radical (unpaired) electrons. The molecule has 2 aliphatic rings. The fourth-order valence-electron chi connectivity index (χ4n) is 3.77. The second kappa shape index (κ2) is 7.67. The highest BCUT2D eigenvalue weighted by Crippen LogP contribution is 2.25. The number of hydrogen-bond acceptors (Lipinski definition) is 4. The lowest BCUT2D eigenvalue weighted by Gasteiger charge is -2.27. The van der Waals surface area contributed by atoms with E-state index < -0.39 is 11.2 Å². The van der Waals surface area contributed by atoms with Crippen molar-refractivity contribution in [1.29, 1.82) is 0 Å². The molecule has 2 heterocycles. The Bertz CT molecular complexity index is 746. The predicted octanol–water partition coefficient (Wildman–Crippen LogP) is 0.0456. The van der Waals surface area contributed by atoms with Crippen molar-refractivity contribution < 1.29 is 9.59 Å². The topological polar surface area (TPSA) is 115 Å². The van der Waals surface area contributed by atoms with Crippen LogP contribution in [0.2, 0.25) is 0 Å². The Balaban J connectivity index is 1.56. The van der Waals surface area contributed by atoms with E-state index in [0.717, 1.165) is 25.7 Å². The summed E-state index contributed by atoms with van der Waals surface area (Å²) >= 11 is 0. The van der Waals surface area contributed by atoms with E-state index in [2.05, 4.69) is 15.3 Å². The number of hydrogen-bond donors (Lipinski definition) is 3.